The fourth-order valence-electron chi connectivity index (χ4n) is 5.97. The number of H-pyrrole nitrogens is 1. The van der Waals surface area contributed by atoms with Crippen LogP contribution >= 0.6 is 0 Å². The van der Waals surface area contributed by atoms with E-state index in [1.54, 1.807) is 19.2 Å². The third-order valence-corrected chi connectivity index (χ3v) is 8.43. The van der Waals surface area contributed by atoms with Crippen LogP contribution in [0.1, 0.15) is 75.7 Å². The molecular formula is C31H43N5O6. The maximum Gasteiger partial charge on any atom is 0.268 e. The highest BCUT2D eigenvalue weighted by Crippen LogP contribution is 2.28. The first-order valence-electron chi connectivity index (χ1n) is 15.0. The number of rotatable bonds is 13. The van der Waals surface area contributed by atoms with E-state index in [0.29, 0.717) is 37.1 Å². The molecule has 1 aliphatic carbocycles. The highest BCUT2D eigenvalue weighted by molar-refractivity contribution is 6.01. The average Bonchev–Trinajstić information content (AvgIpc) is 3.60. The molecule has 4 rings (SSSR count). The molecule has 2 fully saturated rings. The number of methoxy groups -OCH3 is 1. The Morgan fingerprint density at radius 2 is 1.76 bits per heavy atom. The lowest BCUT2D eigenvalue weighted by Crippen LogP contribution is -2.57. The van der Waals surface area contributed by atoms with E-state index in [9.17, 15) is 24.0 Å². The van der Waals surface area contributed by atoms with Crippen LogP contribution in [0.5, 0.6) is 5.75 Å². The van der Waals surface area contributed by atoms with Gasteiger partial charge in [0.1, 0.15) is 29.8 Å². The normalized spacial score (nSPS) is 19.5. The molecule has 0 bridgehead atoms. The molecule has 0 unspecified atom stereocenters. The molecule has 42 heavy (non-hydrogen) atoms. The third kappa shape index (κ3) is 7.89. The summed E-state index contributed by atoms with van der Waals surface area (Å²) in [7, 11) is 1.57. The summed E-state index contributed by atoms with van der Waals surface area (Å²) in [6, 6.07) is 4.51. The maximum atomic E-state index is 13.6. The van der Waals surface area contributed by atoms with Crippen LogP contribution in [0.15, 0.2) is 24.3 Å². The van der Waals surface area contributed by atoms with Gasteiger partial charge in [0, 0.05) is 23.4 Å². The highest BCUT2D eigenvalue weighted by atomic mass is 16.5. The molecule has 1 aromatic carbocycles. The Hall–Kier alpha value is -3.89. The van der Waals surface area contributed by atoms with Crippen LogP contribution in [0.25, 0.3) is 10.9 Å². The molecule has 0 spiro atoms. The van der Waals surface area contributed by atoms with Crippen LogP contribution in [0, 0.1) is 17.8 Å². The smallest absolute Gasteiger partial charge is 0.268 e. The van der Waals surface area contributed by atoms with Crippen molar-refractivity contribution in [1.82, 2.24) is 26.3 Å². The lowest BCUT2D eigenvalue weighted by molar-refractivity contribution is -0.132. The fourth-order valence-corrected chi connectivity index (χ4v) is 5.97. The third-order valence-electron chi connectivity index (χ3n) is 8.43. The molecule has 5 N–H and O–H groups in total. The van der Waals surface area contributed by atoms with E-state index in [4.69, 9.17) is 4.74 Å². The molecule has 11 nitrogen and oxygen atoms in total. The SMILES string of the molecule is COc1ccc2[nH]c(C(=O)N[C@H](C(=O)N[C@@H](CC3CCCCC3)C(=O)N[C@H](C=O)C[C@@H]3CCNC3=O)C(C)C)cc2c1. The summed E-state index contributed by atoms with van der Waals surface area (Å²) in [5.41, 5.74) is 1.06. The van der Waals surface area contributed by atoms with Crippen LogP contribution in [-0.2, 0) is 19.2 Å². The lowest BCUT2D eigenvalue weighted by atomic mass is 9.84. The van der Waals surface area contributed by atoms with Gasteiger partial charge in [-0.15, -0.1) is 0 Å². The molecule has 2 heterocycles. The number of aldehydes is 1. The number of aromatic amines is 1. The minimum Gasteiger partial charge on any atom is -0.497 e. The van der Waals surface area contributed by atoms with Gasteiger partial charge in [-0.25, -0.2) is 0 Å². The van der Waals surface area contributed by atoms with Crippen molar-refractivity contribution in [3.63, 3.8) is 0 Å². The number of fused-ring (bicyclic) bond motifs is 1. The maximum absolute atomic E-state index is 13.6. The van der Waals surface area contributed by atoms with E-state index >= 15 is 0 Å². The van der Waals surface area contributed by atoms with Gasteiger partial charge < -0.3 is 35.8 Å². The average molecular weight is 582 g/mol. The highest BCUT2D eigenvalue weighted by Gasteiger charge is 2.33. The molecule has 1 aromatic heterocycles. The Labute approximate surface area is 246 Å². The van der Waals surface area contributed by atoms with Gasteiger partial charge in [-0.1, -0.05) is 46.0 Å². The number of amides is 4. The van der Waals surface area contributed by atoms with Gasteiger partial charge in [-0.05, 0) is 55.4 Å². The van der Waals surface area contributed by atoms with Crippen molar-refractivity contribution in [2.24, 2.45) is 17.8 Å². The van der Waals surface area contributed by atoms with Crippen molar-refractivity contribution in [1.29, 1.82) is 0 Å². The summed E-state index contributed by atoms with van der Waals surface area (Å²) in [6.07, 6.45) is 7.14. The van der Waals surface area contributed by atoms with E-state index in [-0.39, 0.29) is 30.1 Å². The number of hydrogen-bond donors (Lipinski definition) is 5. The van der Waals surface area contributed by atoms with E-state index in [1.807, 2.05) is 26.0 Å². The summed E-state index contributed by atoms with van der Waals surface area (Å²) in [6.45, 7) is 4.20. The molecule has 4 atom stereocenters. The number of benzene rings is 1. The summed E-state index contributed by atoms with van der Waals surface area (Å²) in [5.74, 6) is -1.15. The molecule has 1 saturated heterocycles. The molecule has 228 valence electrons. The second kappa shape index (κ2) is 14.3. The van der Waals surface area contributed by atoms with Crippen molar-refractivity contribution in [3.8, 4) is 5.75 Å². The van der Waals surface area contributed by atoms with Crippen LogP contribution in [0.4, 0.5) is 0 Å². The predicted molar refractivity (Wildman–Crippen MR) is 158 cm³/mol. The van der Waals surface area contributed by atoms with Crippen LogP contribution < -0.4 is 26.0 Å². The molecular weight excluding hydrogens is 538 g/mol. The topological polar surface area (TPSA) is 158 Å². The lowest BCUT2D eigenvalue weighted by Gasteiger charge is -2.29. The summed E-state index contributed by atoms with van der Waals surface area (Å²) in [5, 5.41) is 12.0. The summed E-state index contributed by atoms with van der Waals surface area (Å²) in [4.78, 5) is 67.2. The Bertz CT molecular complexity index is 1280. The quantitative estimate of drug-likeness (QED) is 0.229. The fraction of sp³-hybridized carbons (Fsp3) is 0.581. The van der Waals surface area contributed by atoms with Gasteiger partial charge in [0.25, 0.3) is 5.91 Å². The van der Waals surface area contributed by atoms with Crippen molar-refractivity contribution in [2.75, 3.05) is 13.7 Å². The standard InChI is InChI=1S/C31H43N5O6/c1-18(2)27(36-30(40)26-16-21-15-23(42-3)9-10-24(21)34-26)31(41)35-25(13-19-7-5-4-6-8-19)29(39)33-22(17-37)14-20-11-12-32-28(20)38/h9-10,15-20,22,25,27,34H,4-8,11-14H2,1-3H3,(H,32,38)(H,33,39)(H,35,41)(H,36,40)/t20-,22-,25-,27-/m0/s1. The number of aromatic nitrogens is 1. The van der Waals surface area contributed by atoms with Gasteiger partial charge in [0.2, 0.25) is 17.7 Å². The van der Waals surface area contributed by atoms with Gasteiger partial charge in [0.05, 0.1) is 13.2 Å². The monoisotopic (exact) mass is 581 g/mol. The Morgan fingerprint density at radius 3 is 2.40 bits per heavy atom. The van der Waals surface area contributed by atoms with Gasteiger partial charge in [-0.3, -0.25) is 19.2 Å². The van der Waals surface area contributed by atoms with E-state index in [1.165, 1.54) is 0 Å². The molecule has 2 aromatic rings. The van der Waals surface area contributed by atoms with Gasteiger partial charge in [0.15, 0.2) is 0 Å². The van der Waals surface area contributed by atoms with E-state index in [2.05, 4.69) is 26.3 Å². The van der Waals surface area contributed by atoms with E-state index < -0.39 is 35.8 Å². The minimum atomic E-state index is -0.899. The molecule has 1 saturated carbocycles. The number of carbonyl (C=O) groups excluding carboxylic acids is 5. The predicted octanol–water partition coefficient (Wildman–Crippen LogP) is 2.60. The van der Waals surface area contributed by atoms with Crippen molar-refractivity contribution in [3.05, 3.63) is 30.0 Å². The Morgan fingerprint density at radius 1 is 1.00 bits per heavy atom. The first kappa shape index (κ1) is 31.1. The van der Waals surface area contributed by atoms with Crippen molar-refractivity contribution < 1.29 is 28.7 Å². The van der Waals surface area contributed by atoms with Gasteiger partial charge in [-0.2, -0.15) is 0 Å². The molecule has 11 heteroatoms. The molecule has 2 aliphatic rings. The number of hydrogen-bond acceptors (Lipinski definition) is 6. The largest absolute Gasteiger partial charge is 0.497 e. The molecule has 1 aliphatic heterocycles. The molecule has 0 radical (unpaired) electrons. The zero-order valence-electron chi connectivity index (χ0n) is 24.7. The van der Waals surface area contributed by atoms with Crippen molar-refractivity contribution in [2.45, 2.75) is 83.3 Å². The Kier molecular flexibility index (Phi) is 10.6. The molecule has 4 amide bonds. The zero-order valence-corrected chi connectivity index (χ0v) is 24.7. The summed E-state index contributed by atoms with van der Waals surface area (Å²) >= 11 is 0. The van der Waals surface area contributed by atoms with Crippen molar-refractivity contribution >= 4 is 40.8 Å². The zero-order chi connectivity index (χ0) is 30.2. The number of carbonyl (C=O) groups is 5. The number of ether oxygens (including phenoxy) is 1. The number of nitrogens with one attached hydrogen (secondary N) is 5. The Balaban J connectivity index is 1.46. The minimum absolute atomic E-state index is 0.118. The second-order valence-electron chi connectivity index (χ2n) is 11.9. The van der Waals surface area contributed by atoms with Crippen LogP contribution in [0.2, 0.25) is 0 Å². The first-order chi connectivity index (χ1) is 20.2. The van der Waals surface area contributed by atoms with Crippen LogP contribution in [0.3, 0.4) is 0 Å². The second-order valence-corrected chi connectivity index (χ2v) is 11.9. The van der Waals surface area contributed by atoms with E-state index in [0.717, 1.165) is 43.0 Å². The summed E-state index contributed by atoms with van der Waals surface area (Å²) < 4.78 is 5.26. The van der Waals surface area contributed by atoms with Gasteiger partial charge >= 0.3 is 0 Å². The first-order valence-corrected chi connectivity index (χ1v) is 15.0. The van der Waals surface area contributed by atoms with Crippen LogP contribution in [-0.4, -0.2) is 66.7 Å².